The highest BCUT2D eigenvalue weighted by Gasteiger charge is 2.42. The lowest BCUT2D eigenvalue weighted by Crippen LogP contribution is -2.39. The van der Waals surface area contributed by atoms with E-state index in [-0.39, 0.29) is 66.6 Å². The number of hydrogen-bond acceptors (Lipinski definition) is 17. The van der Waals surface area contributed by atoms with Crippen molar-refractivity contribution in [2.24, 2.45) is 24.8 Å². The Bertz CT molecular complexity index is 4560. The number of pyridine rings is 3. The summed E-state index contributed by atoms with van der Waals surface area (Å²) < 4.78 is 21.2. The SMILES string of the molecule is CO[C@H]1CC[C@H](C(=O)N2Cc3cccnc3N(O[C@H]3CC[C@H](C(=O)N4Cc5cccnc5N(O[C@H]5CC[C@H](C(=O)N6Cc7cccnc7Nc7ccc(-c8c(C)noc8C)cc76)CC5)c5ccc(-c6ccc(C#N)n6C)cc54)CC3)c3ccc(-c4ccn(C5CCCCO5)n4)cc32)CC1. The van der Waals surface area contributed by atoms with E-state index in [1.807, 2.05) is 158 Å². The van der Waals surface area contributed by atoms with Crippen molar-refractivity contribution in [3.8, 4) is 39.7 Å². The summed E-state index contributed by atoms with van der Waals surface area (Å²) in [4.78, 5) is 81.0. The van der Waals surface area contributed by atoms with Gasteiger partial charge in [0.25, 0.3) is 0 Å². The van der Waals surface area contributed by atoms with Crippen LogP contribution in [-0.2, 0) is 60.2 Å². The Hall–Kier alpha value is -10.1. The van der Waals surface area contributed by atoms with Gasteiger partial charge in [0.2, 0.25) is 17.7 Å². The summed E-state index contributed by atoms with van der Waals surface area (Å²) >= 11 is 0. The van der Waals surface area contributed by atoms with Crippen LogP contribution < -0.4 is 30.1 Å². The number of fused-ring (bicyclic) bond motifs is 6. The maximum absolute atomic E-state index is 15.8. The summed E-state index contributed by atoms with van der Waals surface area (Å²) in [6.45, 7) is 5.40. The van der Waals surface area contributed by atoms with Crippen molar-refractivity contribution < 1.29 is 38.1 Å². The third-order valence-corrected chi connectivity index (χ3v) is 21.4. The van der Waals surface area contributed by atoms with Gasteiger partial charge >= 0.3 is 0 Å². The molecule has 0 radical (unpaired) electrons. The minimum atomic E-state index is -0.370. The largest absolute Gasteiger partial charge is 0.381 e. The lowest BCUT2D eigenvalue weighted by atomic mass is 9.86. The third-order valence-electron chi connectivity index (χ3n) is 21.4. The van der Waals surface area contributed by atoms with E-state index < -0.39 is 0 Å². The standard InChI is InChI=1S/C77H80N14O8/c1-47-71(48(2)97-84-47)54-20-30-63-67(42-54)86(44-55-10-7-35-79-72(55)82-63)75(92)50-16-26-60(27-17-50)99-91-66-32-22-53(64-33-23-58(43-78)85(64)3)41-69(66)88(46-57-12-9-37-81-74(57)91)77(94)51-18-28-61(29-19-51)98-90-65-31-21-52(62-34-38-89(83-62)70-13-5-6-39-96-70)40-68(65)87(45-56-11-8-36-80-73(56)90)76(93)49-14-24-59(95-4)25-15-49/h7-12,20-23,30-38,40-42,49-51,59-61,70H,5-6,13-19,24-29,39,44-46H2,1-4H3,(H,79,82)/t49-,50-,51-,59-,60-,61-,70?. The van der Waals surface area contributed by atoms with Gasteiger partial charge in [-0.3, -0.25) is 24.1 Å². The number of aromatic nitrogens is 7. The number of methoxy groups -OCH3 is 1. The molecule has 4 fully saturated rings. The molecule has 4 aliphatic heterocycles. The van der Waals surface area contributed by atoms with E-state index in [0.29, 0.717) is 123 Å². The van der Waals surface area contributed by atoms with Gasteiger partial charge in [0.05, 0.1) is 83.5 Å². The topological polar surface area (TPSA) is 228 Å². The molecule has 6 aromatic heterocycles. The molecule has 22 nitrogen and oxygen atoms in total. The van der Waals surface area contributed by atoms with Gasteiger partial charge in [-0.1, -0.05) is 41.6 Å². The summed E-state index contributed by atoms with van der Waals surface area (Å²) in [5, 5.41) is 26.5. The Morgan fingerprint density at radius 1 is 0.576 bits per heavy atom. The van der Waals surface area contributed by atoms with Gasteiger partial charge in [-0.15, -0.1) is 0 Å². The van der Waals surface area contributed by atoms with E-state index in [2.05, 4.69) is 33.7 Å². The lowest BCUT2D eigenvalue weighted by molar-refractivity contribution is -0.125. The first-order valence-electron chi connectivity index (χ1n) is 35.0. The summed E-state index contributed by atoms with van der Waals surface area (Å²) in [5.41, 5.74) is 13.2. The Balaban J connectivity index is 0.666. The fraction of sp³-hybridized carbons (Fsp3) is 0.390. The Morgan fingerprint density at radius 3 is 1.69 bits per heavy atom. The highest BCUT2D eigenvalue weighted by atomic mass is 16.7. The van der Waals surface area contributed by atoms with E-state index in [4.69, 9.17) is 38.7 Å². The Labute approximate surface area is 574 Å². The zero-order valence-electron chi connectivity index (χ0n) is 56.3. The first-order chi connectivity index (χ1) is 48.4. The zero-order chi connectivity index (χ0) is 67.4. The number of benzene rings is 3. The molecule has 10 heterocycles. The molecular weight excluding hydrogens is 1250 g/mol. The molecule has 506 valence electrons. The minimum Gasteiger partial charge on any atom is -0.381 e. The van der Waals surface area contributed by atoms with Gasteiger partial charge in [-0.05, 0) is 189 Å². The van der Waals surface area contributed by atoms with Crippen molar-refractivity contribution >= 4 is 69.3 Å². The molecule has 9 aromatic rings. The first-order valence-corrected chi connectivity index (χ1v) is 35.0. The molecule has 99 heavy (non-hydrogen) atoms. The molecule has 0 bridgehead atoms. The van der Waals surface area contributed by atoms with Crippen LogP contribution in [0.5, 0.6) is 0 Å². The van der Waals surface area contributed by atoms with Gasteiger partial charge in [-0.2, -0.15) is 10.4 Å². The molecule has 1 saturated heterocycles. The number of hydrogen-bond donors (Lipinski definition) is 1. The maximum atomic E-state index is 15.8. The number of amides is 3. The molecule has 3 aliphatic carbocycles. The van der Waals surface area contributed by atoms with Crippen LogP contribution in [0.25, 0.3) is 33.6 Å². The molecule has 3 saturated carbocycles. The fourth-order valence-electron chi connectivity index (χ4n) is 16.0. The van der Waals surface area contributed by atoms with Crippen LogP contribution in [0.2, 0.25) is 0 Å². The van der Waals surface area contributed by atoms with Crippen molar-refractivity contribution in [2.45, 2.75) is 154 Å². The predicted octanol–water partition coefficient (Wildman–Crippen LogP) is 14.7. The van der Waals surface area contributed by atoms with E-state index in [9.17, 15) is 5.26 Å². The fourth-order valence-corrected chi connectivity index (χ4v) is 16.0. The van der Waals surface area contributed by atoms with Crippen molar-refractivity contribution in [2.75, 3.05) is 43.9 Å². The highest BCUT2D eigenvalue weighted by Crippen LogP contribution is 2.49. The average Bonchev–Trinajstić information content (AvgIpc) is 1.64. The molecule has 1 unspecified atom stereocenters. The average molecular weight is 1330 g/mol. The van der Waals surface area contributed by atoms with Crippen LogP contribution in [0.15, 0.2) is 139 Å². The van der Waals surface area contributed by atoms with Crippen LogP contribution in [0.1, 0.15) is 136 Å². The molecule has 1 atom stereocenters. The number of rotatable bonds is 12. The summed E-state index contributed by atoms with van der Waals surface area (Å²) in [6, 6.07) is 38.1. The molecule has 22 heteroatoms. The number of ether oxygens (including phenoxy) is 2. The number of aryl methyl sites for hydroxylation is 2. The number of carbonyl (C=O) groups excluding carboxylic acids is 3. The van der Waals surface area contributed by atoms with E-state index in [1.165, 1.54) is 0 Å². The molecule has 1 N–H and O–H groups in total. The number of carbonyl (C=O) groups is 3. The number of nitriles is 1. The lowest BCUT2D eigenvalue weighted by Gasteiger charge is -2.36. The van der Waals surface area contributed by atoms with Crippen LogP contribution in [0.4, 0.5) is 51.6 Å². The second kappa shape index (κ2) is 27.0. The van der Waals surface area contributed by atoms with Crippen molar-refractivity contribution in [1.82, 2.24) is 34.5 Å². The van der Waals surface area contributed by atoms with Crippen LogP contribution >= 0.6 is 0 Å². The molecule has 3 aromatic carbocycles. The Morgan fingerprint density at radius 2 is 1.12 bits per heavy atom. The maximum Gasteiger partial charge on any atom is 0.230 e. The third kappa shape index (κ3) is 12.2. The van der Waals surface area contributed by atoms with Crippen molar-refractivity contribution in [1.29, 1.82) is 5.26 Å². The number of nitrogens with one attached hydrogen (secondary N) is 1. The summed E-state index contributed by atoms with van der Waals surface area (Å²) in [6.07, 6.45) is 17.4. The van der Waals surface area contributed by atoms with Crippen LogP contribution in [-0.4, -0.2) is 84.2 Å². The molecule has 7 aliphatic rings. The van der Waals surface area contributed by atoms with E-state index >= 15 is 14.4 Å². The van der Waals surface area contributed by atoms with Crippen molar-refractivity contribution in [3.05, 3.63) is 168 Å². The van der Waals surface area contributed by atoms with Crippen LogP contribution in [0, 0.1) is 42.9 Å². The van der Waals surface area contributed by atoms with Gasteiger partial charge in [0, 0.05) is 102 Å². The smallest absolute Gasteiger partial charge is 0.230 e. The summed E-state index contributed by atoms with van der Waals surface area (Å²) in [7, 11) is 3.63. The van der Waals surface area contributed by atoms with Gasteiger partial charge in [0.1, 0.15) is 29.6 Å². The number of anilines is 9. The van der Waals surface area contributed by atoms with Gasteiger partial charge in [-0.25, -0.2) is 29.8 Å². The minimum absolute atomic E-state index is 0.0273. The zero-order valence-corrected chi connectivity index (χ0v) is 56.3. The first kappa shape index (κ1) is 63.7. The Kier molecular flexibility index (Phi) is 17.4. The quantitative estimate of drug-likeness (QED) is 0.120. The molecule has 16 rings (SSSR count). The molecule has 3 amide bonds. The number of nitrogens with zero attached hydrogens (tertiary/aromatic N) is 13. The van der Waals surface area contributed by atoms with Gasteiger partial charge in [0.15, 0.2) is 11.6 Å². The van der Waals surface area contributed by atoms with E-state index in [0.717, 1.165) is 112 Å². The summed E-state index contributed by atoms with van der Waals surface area (Å²) in [5.74, 6) is 1.84. The normalized spacial score (nSPS) is 22.1. The van der Waals surface area contributed by atoms with E-state index in [1.54, 1.807) is 25.7 Å². The van der Waals surface area contributed by atoms with Crippen molar-refractivity contribution in [3.63, 3.8) is 0 Å². The highest BCUT2D eigenvalue weighted by molar-refractivity contribution is 6.03. The molecular formula is C77H80N14O8. The predicted molar refractivity (Wildman–Crippen MR) is 374 cm³/mol. The second-order valence-corrected chi connectivity index (χ2v) is 27.5. The second-order valence-electron chi connectivity index (χ2n) is 27.5. The van der Waals surface area contributed by atoms with Crippen LogP contribution in [0.3, 0.4) is 0 Å². The molecule has 0 spiro atoms. The monoisotopic (exact) mass is 1330 g/mol. The van der Waals surface area contributed by atoms with Gasteiger partial charge < -0.3 is 38.6 Å².